The zero-order chi connectivity index (χ0) is 19.0. The Balaban J connectivity index is 1.46. The van der Waals surface area contributed by atoms with Gasteiger partial charge < -0.3 is 9.32 Å². The molecule has 0 radical (unpaired) electrons. The van der Waals surface area contributed by atoms with Crippen molar-refractivity contribution in [2.24, 2.45) is 0 Å². The lowest BCUT2D eigenvalue weighted by Crippen LogP contribution is -2.24. The first-order valence-corrected chi connectivity index (χ1v) is 9.53. The maximum absolute atomic E-state index is 12.3. The number of thiophene rings is 1. The average molecular weight is 423 g/mol. The second-order valence-electron chi connectivity index (χ2n) is 5.88. The number of aromatic nitrogens is 2. The Morgan fingerprint density at radius 3 is 2.74 bits per heavy atom. The van der Waals surface area contributed by atoms with Crippen molar-refractivity contribution < 1.29 is 14.0 Å². The number of carbonyl (C=O) groups excluding carboxylic acids is 2. The van der Waals surface area contributed by atoms with Crippen molar-refractivity contribution in [3.63, 3.8) is 0 Å². The molecule has 0 bridgehead atoms. The summed E-state index contributed by atoms with van der Waals surface area (Å²) in [4.78, 5) is 26.2. The van der Waals surface area contributed by atoms with E-state index in [1.54, 1.807) is 4.90 Å². The monoisotopic (exact) mass is 422 g/mol. The van der Waals surface area contributed by atoms with Crippen LogP contribution in [0.1, 0.15) is 28.6 Å². The number of benzene rings is 1. The number of hydrogen-bond donors (Lipinski definition) is 1. The predicted octanol–water partition coefficient (Wildman–Crippen LogP) is 4.21. The Kier molecular flexibility index (Phi) is 4.86. The van der Waals surface area contributed by atoms with Crippen LogP contribution in [0, 0.1) is 0 Å². The van der Waals surface area contributed by atoms with E-state index in [9.17, 15) is 9.59 Å². The summed E-state index contributed by atoms with van der Waals surface area (Å²) in [7, 11) is 0. The van der Waals surface area contributed by atoms with E-state index in [2.05, 4.69) is 15.5 Å². The number of halogens is 2. The lowest BCUT2D eigenvalue weighted by atomic mass is 10.1. The lowest BCUT2D eigenvalue weighted by Gasteiger charge is -2.15. The summed E-state index contributed by atoms with van der Waals surface area (Å²) in [5.74, 6) is -0.456. The third-order valence-corrected chi connectivity index (χ3v) is 5.59. The molecule has 138 valence electrons. The van der Waals surface area contributed by atoms with Gasteiger partial charge in [0, 0.05) is 18.7 Å². The van der Waals surface area contributed by atoms with Crippen LogP contribution in [-0.2, 0) is 4.79 Å². The molecule has 1 fully saturated rings. The summed E-state index contributed by atoms with van der Waals surface area (Å²) >= 11 is 12.9. The third-order valence-electron chi connectivity index (χ3n) is 4.10. The molecule has 0 aliphatic carbocycles. The highest BCUT2D eigenvalue weighted by Crippen LogP contribution is 2.33. The van der Waals surface area contributed by atoms with Crippen LogP contribution in [0.3, 0.4) is 0 Å². The summed E-state index contributed by atoms with van der Waals surface area (Å²) in [6.07, 6.45) is 0.260. The molecule has 1 aliphatic rings. The van der Waals surface area contributed by atoms with Crippen molar-refractivity contribution in [1.29, 1.82) is 0 Å². The molecule has 7 nitrogen and oxygen atoms in total. The van der Waals surface area contributed by atoms with Gasteiger partial charge in [0.1, 0.15) is 4.34 Å². The zero-order valence-electron chi connectivity index (χ0n) is 13.7. The van der Waals surface area contributed by atoms with Crippen LogP contribution in [0.5, 0.6) is 0 Å². The van der Waals surface area contributed by atoms with Gasteiger partial charge in [0.2, 0.25) is 11.8 Å². The molecule has 1 saturated heterocycles. The van der Waals surface area contributed by atoms with Gasteiger partial charge in [-0.25, -0.2) is 0 Å². The highest BCUT2D eigenvalue weighted by Gasteiger charge is 2.35. The molecule has 2 amide bonds. The van der Waals surface area contributed by atoms with Gasteiger partial charge >= 0.3 is 6.01 Å². The predicted molar refractivity (Wildman–Crippen MR) is 103 cm³/mol. The highest BCUT2D eigenvalue weighted by molar-refractivity contribution is 7.20. The van der Waals surface area contributed by atoms with Crippen molar-refractivity contribution >= 4 is 58.1 Å². The number of nitrogens with one attached hydrogen (secondary N) is 1. The molecule has 2 aromatic heterocycles. The quantitative estimate of drug-likeness (QED) is 0.679. The first-order chi connectivity index (χ1) is 13.0. The fraction of sp³-hybridized carbons (Fsp3) is 0.176. The second-order valence-corrected chi connectivity index (χ2v) is 8.16. The summed E-state index contributed by atoms with van der Waals surface area (Å²) in [6.45, 7) is 0.435. The van der Waals surface area contributed by atoms with Crippen LogP contribution in [0.15, 0.2) is 40.8 Å². The summed E-state index contributed by atoms with van der Waals surface area (Å²) in [5.41, 5.74) is 1.06. The smallest absolute Gasteiger partial charge is 0.322 e. The van der Waals surface area contributed by atoms with Gasteiger partial charge in [-0.1, -0.05) is 46.5 Å². The Hall–Kier alpha value is -2.42. The molecule has 3 heterocycles. The van der Waals surface area contributed by atoms with Crippen LogP contribution in [-0.4, -0.2) is 28.6 Å². The van der Waals surface area contributed by atoms with Crippen molar-refractivity contribution in [3.05, 3.63) is 56.5 Å². The number of carbonyl (C=O) groups is 2. The maximum atomic E-state index is 12.3. The van der Waals surface area contributed by atoms with E-state index in [-0.39, 0.29) is 34.2 Å². The van der Waals surface area contributed by atoms with E-state index < -0.39 is 5.91 Å². The molecule has 27 heavy (non-hydrogen) atoms. The van der Waals surface area contributed by atoms with Crippen LogP contribution >= 0.6 is 34.5 Å². The number of amides is 2. The van der Waals surface area contributed by atoms with E-state index >= 15 is 0 Å². The molecule has 3 aromatic rings. The van der Waals surface area contributed by atoms with E-state index in [1.165, 1.54) is 6.07 Å². The van der Waals surface area contributed by atoms with Crippen LogP contribution in [0.25, 0.3) is 0 Å². The van der Waals surface area contributed by atoms with Crippen LogP contribution in [0.4, 0.5) is 11.7 Å². The number of rotatable bonds is 4. The number of nitrogens with zero attached hydrogens (tertiary/aromatic N) is 3. The Morgan fingerprint density at radius 2 is 2.04 bits per heavy atom. The Bertz CT molecular complexity index is 1000. The SMILES string of the molecule is O=C(Nc1nnc([C@H]2CC(=O)N(c3ccccc3)C2)o1)c1cc(Cl)sc1Cl. The minimum absolute atomic E-state index is 0.0188. The van der Waals surface area contributed by atoms with E-state index in [0.29, 0.717) is 16.8 Å². The van der Waals surface area contributed by atoms with Gasteiger partial charge in [0.05, 0.1) is 15.8 Å². The normalized spacial score (nSPS) is 16.7. The van der Waals surface area contributed by atoms with Crippen molar-refractivity contribution in [3.8, 4) is 0 Å². The summed E-state index contributed by atoms with van der Waals surface area (Å²) in [5, 5.41) is 10.3. The number of anilines is 2. The van der Waals surface area contributed by atoms with Crippen molar-refractivity contribution in [1.82, 2.24) is 10.2 Å². The van der Waals surface area contributed by atoms with Gasteiger partial charge in [-0.3, -0.25) is 14.9 Å². The largest absolute Gasteiger partial charge is 0.407 e. The molecule has 0 unspecified atom stereocenters. The molecule has 1 aliphatic heterocycles. The fourth-order valence-electron chi connectivity index (χ4n) is 2.84. The minimum atomic E-state index is -0.494. The highest BCUT2D eigenvalue weighted by atomic mass is 35.5. The molecular weight excluding hydrogens is 411 g/mol. The Labute approximate surface area is 167 Å². The molecule has 0 saturated carbocycles. The molecule has 10 heteroatoms. The Morgan fingerprint density at radius 1 is 1.26 bits per heavy atom. The second kappa shape index (κ2) is 7.30. The summed E-state index contributed by atoms with van der Waals surface area (Å²) in [6, 6.07) is 10.8. The van der Waals surface area contributed by atoms with Crippen molar-refractivity contribution in [2.75, 3.05) is 16.8 Å². The van der Waals surface area contributed by atoms with Crippen LogP contribution < -0.4 is 10.2 Å². The number of hydrogen-bond acceptors (Lipinski definition) is 6. The van der Waals surface area contributed by atoms with Gasteiger partial charge in [0.15, 0.2) is 0 Å². The van der Waals surface area contributed by atoms with Gasteiger partial charge in [0.25, 0.3) is 5.91 Å². The molecule has 1 atom stereocenters. The molecular formula is C17H12Cl2N4O3S. The standard InChI is InChI=1S/C17H12Cl2N4O3S/c18-12-7-11(14(19)27-12)15(25)20-17-22-21-16(26-17)9-6-13(24)23(8-9)10-4-2-1-3-5-10/h1-5,7,9H,6,8H2,(H,20,22,25)/t9-/m0/s1. The summed E-state index contributed by atoms with van der Waals surface area (Å²) < 4.78 is 6.21. The minimum Gasteiger partial charge on any atom is -0.407 e. The molecule has 0 spiro atoms. The first-order valence-electron chi connectivity index (χ1n) is 7.96. The van der Waals surface area contributed by atoms with Gasteiger partial charge in [-0.2, -0.15) is 0 Å². The molecule has 1 N–H and O–H groups in total. The first kappa shape index (κ1) is 18.0. The van der Waals surface area contributed by atoms with E-state index in [4.69, 9.17) is 27.6 Å². The van der Waals surface area contributed by atoms with Gasteiger partial charge in [-0.15, -0.1) is 16.4 Å². The molecule has 4 rings (SSSR count). The number of para-hydroxylation sites is 1. The fourth-order valence-corrected chi connectivity index (χ4v) is 4.30. The maximum Gasteiger partial charge on any atom is 0.322 e. The van der Waals surface area contributed by atoms with E-state index in [1.807, 2.05) is 30.3 Å². The van der Waals surface area contributed by atoms with E-state index in [0.717, 1.165) is 17.0 Å². The van der Waals surface area contributed by atoms with Crippen molar-refractivity contribution in [2.45, 2.75) is 12.3 Å². The molecule has 1 aromatic carbocycles. The zero-order valence-corrected chi connectivity index (χ0v) is 16.0. The topological polar surface area (TPSA) is 88.3 Å². The lowest BCUT2D eigenvalue weighted by molar-refractivity contribution is -0.117. The van der Waals surface area contributed by atoms with Crippen LogP contribution in [0.2, 0.25) is 8.67 Å². The average Bonchev–Trinajstić information content (AvgIpc) is 3.34. The van der Waals surface area contributed by atoms with Gasteiger partial charge in [-0.05, 0) is 18.2 Å². The third kappa shape index (κ3) is 3.69.